The Hall–Kier alpha value is -3.40. The van der Waals surface area contributed by atoms with Crippen molar-refractivity contribution in [2.24, 2.45) is 7.05 Å². The van der Waals surface area contributed by atoms with Gasteiger partial charge in [0.25, 0.3) is 10.0 Å². The molecule has 0 saturated heterocycles. The molecule has 9 nitrogen and oxygen atoms in total. The fraction of sp³-hybridized carbons (Fsp3) is 0.211. The number of nitrogens with one attached hydrogen (secondary N) is 1. The number of hydrogen-bond donors (Lipinski definition) is 1. The van der Waals surface area contributed by atoms with Crippen LogP contribution in [0.4, 0.5) is 5.69 Å². The molecule has 0 amide bonds. The first kappa shape index (κ1) is 18.9. The molecule has 0 atom stereocenters. The van der Waals surface area contributed by atoms with Gasteiger partial charge in [0.1, 0.15) is 10.6 Å². The lowest BCUT2D eigenvalue weighted by Crippen LogP contribution is -2.15. The Morgan fingerprint density at radius 3 is 2.76 bits per heavy atom. The molecule has 0 fully saturated rings. The second-order valence-electron chi connectivity index (χ2n) is 6.44. The number of nitrogens with zero attached hydrogens (tertiary/aromatic N) is 5. The number of aryl methyl sites for hydroxylation is 2. The maximum Gasteiger partial charge on any atom is 0.265 e. The highest BCUT2D eigenvalue weighted by atomic mass is 32.2. The molecular weight excluding hydrogens is 392 g/mol. The summed E-state index contributed by atoms with van der Waals surface area (Å²) in [7, 11) is -0.537. The SMILES string of the molecule is CCc1ccc2cnn(C)c2c1NS(=O)(=O)c1cnn(-c2cc(OC)ccn2)c1. The van der Waals surface area contributed by atoms with Gasteiger partial charge in [0, 0.05) is 24.7 Å². The number of hydrogen-bond acceptors (Lipinski definition) is 6. The number of ether oxygens (including phenoxy) is 1. The summed E-state index contributed by atoms with van der Waals surface area (Å²) in [6.07, 6.45) is 6.65. The maximum absolute atomic E-state index is 13.1. The Morgan fingerprint density at radius 1 is 1.17 bits per heavy atom. The molecule has 4 rings (SSSR count). The first-order valence-corrected chi connectivity index (χ1v) is 10.4. The molecule has 0 radical (unpaired) electrons. The van der Waals surface area contributed by atoms with Crippen molar-refractivity contribution in [3.63, 3.8) is 0 Å². The summed E-state index contributed by atoms with van der Waals surface area (Å²) in [6.45, 7) is 1.97. The van der Waals surface area contributed by atoms with Crippen LogP contribution < -0.4 is 9.46 Å². The summed E-state index contributed by atoms with van der Waals surface area (Å²) < 4.78 is 37.1. The Bertz CT molecular complexity index is 1290. The van der Waals surface area contributed by atoms with E-state index in [-0.39, 0.29) is 4.90 Å². The van der Waals surface area contributed by atoms with Gasteiger partial charge < -0.3 is 4.74 Å². The number of benzene rings is 1. The summed E-state index contributed by atoms with van der Waals surface area (Å²) in [5.74, 6) is 1.05. The molecule has 0 unspecified atom stereocenters. The number of pyridine rings is 1. The smallest absolute Gasteiger partial charge is 0.265 e. The van der Waals surface area contributed by atoms with Crippen LogP contribution in [-0.2, 0) is 23.5 Å². The molecule has 0 aliphatic rings. The Balaban J connectivity index is 1.73. The van der Waals surface area contributed by atoms with E-state index in [0.29, 0.717) is 23.7 Å². The highest BCUT2D eigenvalue weighted by Crippen LogP contribution is 2.30. The standard InChI is InChI=1S/C19H20N6O3S/c1-4-13-5-6-14-10-21-24(2)19(14)18(13)23-29(26,27)16-11-22-25(12-16)17-9-15(28-3)7-8-20-17/h5-12,23H,4H2,1-3H3. The van der Waals surface area contributed by atoms with Gasteiger partial charge in [0.15, 0.2) is 5.82 Å². The molecule has 150 valence electrons. The van der Waals surface area contributed by atoms with Crippen LogP contribution in [-0.4, -0.2) is 40.1 Å². The molecule has 4 aromatic rings. The fourth-order valence-corrected chi connectivity index (χ4v) is 4.17. The average molecular weight is 412 g/mol. The van der Waals surface area contributed by atoms with Crippen LogP contribution in [0, 0.1) is 0 Å². The topological polar surface area (TPSA) is 104 Å². The molecule has 0 aliphatic heterocycles. The van der Waals surface area contributed by atoms with Crippen molar-refractivity contribution in [2.75, 3.05) is 11.8 Å². The van der Waals surface area contributed by atoms with Crippen molar-refractivity contribution >= 4 is 26.6 Å². The summed E-state index contributed by atoms with van der Waals surface area (Å²) in [5, 5.41) is 9.24. The molecule has 1 N–H and O–H groups in total. The first-order valence-electron chi connectivity index (χ1n) is 8.94. The third kappa shape index (κ3) is 3.42. The van der Waals surface area contributed by atoms with Crippen molar-refractivity contribution in [3.8, 4) is 11.6 Å². The van der Waals surface area contributed by atoms with Gasteiger partial charge >= 0.3 is 0 Å². The third-order valence-electron chi connectivity index (χ3n) is 4.66. The number of aromatic nitrogens is 5. The van der Waals surface area contributed by atoms with E-state index in [1.807, 2.05) is 19.1 Å². The Kier molecular flexibility index (Phi) is 4.71. The number of fused-ring (bicyclic) bond motifs is 1. The van der Waals surface area contributed by atoms with E-state index in [4.69, 9.17) is 4.74 Å². The molecule has 0 aliphatic carbocycles. The van der Waals surface area contributed by atoms with Crippen LogP contribution in [0.15, 0.2) is 53.9 Å². The number of sulfonamides is 1. The normalized spacial score (nSPS) is 11.7. The average Bonchev–Trinajstić information content (AvgIpc) is 3.36. The number of methoxy groups -OCH3 is 1. The zero-order valence-electron chi connectivity index (χ0n) is 16.2. The zero-order valence-corrected chi connectivity index (χ0v) is 17.0. The number of anilines is 1. The van der Waals surface area contributed by atoms with Crippen molar-refractivity contribution in [1.82, 2.24) is 24.5 Å². The summed E-state index contributed by atoms with van der Waals surface area (Å²) in [5.41, 5.74) is 2.14. The predicted octanol–water partition coefficient (Wildman–Crippen LogP) is 2.53. The number of rotatable bonds is 6. The van der Waals surface area contributed by atoms with Gasteiger partial charge in [-0.25, -0.2) is 18.1 Å². The lowest BCUT2D eigenvalue weighted by Gasteiger charge is -2.13. The molecule has 0 saturated carbocycles. The van der Waals surface area contributed by atoms with Gasteiger partial charge in [-0.15, -0.1) is 0 Å². The second-order valence-corrected chi connectivity index (χ2v) is 8.12. The van der Waals surface area contributed by atoms with Crippen LogP contribution in [0.3, 0.4) is 0 Å². The Labute approximate surface area is 168 Å². The van der Waals surface area contributed by atoms with Crippen LogP contribution >= 0.6 is 0 Å². The van der Waals surface area contributed by atoms with Crippen LogP contribution in [0.25, 0.3) is 16.7 Å². The van der Waals surface area contributed by atoms with E-state index < -0.39 is 10.0 Å². The first-order chi connectivity index (χ1) is 13.9. The van der Waals surface area contributed by atoms with Gasteiger partial charge in [-0.2, -0.15) is 10.2 Å². The third-order valence-corrected chi connectivity index (χ3v) is 5.97. The minimum Gasteiger partial charge on any atom is -0.497 e. The van der Waals surface area contributed by atoms with Crippen LogP contribution in [0.5, 0.6) is 5.75 Å². The summed E-state index contributed by atoms with van der Waals surface area (Å²) in [4.78, 5) is 4.23. The summed E-state index contributed by atoms with van der Waals surface area (Å²) in [6, 6.07) is 7.21. The van der Waals surface area contributed by atoms with E-state index in [1.165, 1.54) is 17.1 Å². The van der Waals surface area contributed by atoms with Crippen LogP contribution in [0.1, 0.15) is 12.5 Å². The highest BCUT2D eigenvalue weighted by molar-refractivity contribution is 7.92. The van der Waals surface area contributed by atoms with Crippen molar-refractivity contribution in [3.05, 3.63) is 54.6 Å². The maximum atomic E-state index is 13.1. The van der Waals surface area contributed by atoms with Gasteiger partial charge in [-0.3, -0.25) is 9.40 Å². The largest absolute Gasteiger partial charge is 0.497 e. The van der Waals surface area contributed by atoms with E-state index in [1.54, 1.807) is 43.4 Å². The minimum atomic E-state index is -3.87. The van der Waals surface area contributed by atoms with E-state index >= 15 is 0 Å². The molecule has 0 bridgehead atoms. The van der Waals surface area contributed by atoms with Crippen LogP contribution in [0.2, 0.25) is 0 Å². The lowest BCUT2D eigenvalue weighted by molar-refractivity contribution is 0.414. The molecule has 10 heteroatoms. The van der Waals surface area contributed by atoms with Crippen molar-refractivity contribution < 1.29 is 13.2 Å². The highest BCUT2D eigenvalue weighted by Gasteiger charge is 2.21. The predicted molar refractivity (Wildman–Crippen MR) is 109 cm³/mol. The fourth-order valence-electron chi connectivity index (χ4n) is 3.13. The molecule has 29 heavy (non-hydrogen) atoms. The van der Waals surface area contributed by atoms with E-state index in [9.17, 15) is 8.42 Å². The van der Waals surface area contributed by atoms with Gasteiger partial charge in [-0.05, 0) is 18.1 Å². The molecule has 0 spiro atoms. The van der Waals surface area contributed by atoms with Gasteiger partial charge in [-0.1, -0.05) is 19.1 Å². The molecular formula is C19H20N6O3S. The van der Waals surface area contributed by atoms with E-state index in [0.717, 1.165) is 16.5 Å². The molecule has 3 aromatic heterocycles. The second kappa shape index (κ2) is 7.21. The van der Waals surface area contributed by atoms with Crippen molar-refractivity contribution in [2.45, 2.75) is 18.2 Å². The zero-order chi connectivity index (χ0) is 20.6. The van der Waals surface area contributed by atoms with E-state index in [2.05, 4.69) is 19.9 Å². The van der Waals surface area contributed by atoms with Gasteiger partial charge in [0.05, 0.1) is 36.9 Å². The monoisotopic (exact) mass is 412 g/mol. The summed E-state index contributed by atoms with van der Waals surface area (Å²) >= 11 is 0. The molecule has 1 aromatic carbocycles. The van der Waals surface area contributed by atoms with Crippen molar-refractivity contribution in [1.29, 1.82) is 0 Å². The quantitative estimate of drug-likeness (QED) is 0.522. The minimum absolute atomic E-state index is 0.0309. The molecule has 3 heterocycles. The lowest BCUT2D eigenvalue weighted by atomic mass is 10.1. The Morgan fingerprint density at radius 2 is 2.00 bits per heavy atom. The van der Waals surface area contributed by atoms with Gasteiger partial charge in [0.2, 0.25) is 0 Å².